The third-order valence-electron chi connectivity index (χ3n) is 2.41. The second kappa shape index (κ2) is 14.7. The summed E-state index contributed by atoms with van der Waals surface area (Å²) in [6.07, 6.45) is 0.443. The van der Waals surface area contributed by atoms with Gasteiger partial charge in [-0.3, -0.25) is 14.9 Å². The number of hydrogen-bond donors (Lipinski definition) is 5. The highest BCUT2D eigenvalue weighted by Crippen LogP contribution is 2.20. The van der Waals surface area contributed by atoms with Gasteiger partial charge in [0, 0.05) is 6.07 Å². The number of carboxylic acids is 1. The van der Waals surface area contributed by atoms with Gasteiger partial charge in [-0.15, -0.1) is 0 Å². The summed E-state index contributed by atoms with van der Waals surface area (Å²) in [6.45, 7) is 2.23. The van der Waals surface area contributed by atoms with E-state index in [0.717, 1.165) is 13.0 Å². The van der Waals surface area contributed by atoms with Gasteiger partial charge < -0.3 is 25.5 Å². The number of carboxylic acid groups (broad SMARTS) is 1. The number of aliphatic hydroxyl groups excluding tert-OH is 4. The van der Waals surface area contributed by atoms with E-state index < -0.39 is 28.4 Å². The number of hydrogen-bond acceptors (Lipinski definition) is 8. The zero-order valence-electron chi connectivity index (χ0n) is 14.4. The van der Waals surface area contributed by atoms with Crippen molar-refractivity contribution in [3.05, 3.63) is 45.5 Å². The molecule has 0 heterocycles. The van der Waals surface area contributed by atoms with Crippen LogP contribution in [0.2, 0.25) is 0 Å². The van der Waals surface area contributed by atoms with Crippen LogP contribution in [0, 0.1) is 10.1 Å². The third-order valence-corrected chi connectivity index (χ3v) is 2.41. The van der Waals surface area contributed by atoms with Gasteiger partial charge in [-0.1, -0.05) is 12.1 Å². The molecule has 10 heteroatoms. The number of nitro benzene ring substituents is 1. The molecule has 0 aliphatic rings. The highest BCUT2D eigenvalue weighted by atomic mass is 16.6. The fraction of sp³-hybridized carbons (Fsp3) is 0.375. The van der Waals surface area contributed by atoms with E-state index in [2.05, 4.69) is 0 Å². The highest BCUT2D eigenvalue weighted by molar-refractivity contribution is 6.19. The van der Waals surface area contributed by atoms with Crippen LogP contribution in [-0.2, 0) is 9.59 Å². The first kappa shape index (κ1) is 25.6. The van der Waals surface area contributed by atoms with Crippen molar-refractivity contribution in [1.29, 1.82) is 0 Å². The van der Waals surface area contributed by atoms with Crippen LogP contribution in [0.15, 0.2) is 29.8 Å². The molecule has 1 rings (SSSR count). The van der Waals surface area contributed by atoms with Gasteiger partial charge in [-0.25, -0.2) is 4.79 Å². The Kier molecular flexibility index (Phi) is 14.4. The zero-order valence-corrected chi connectivity index (χ0v) is 14.4. The molecule has 0 fully saturated rings. The van der Waals surface area contributed by atoms with E-state index in [0.29, 0.717) is 0 Å². The Labute approximate surface area is 149 Å². The molecule has 1 unspecified atom stereocenters. The summed E-state index contributed by atoms with van der Waals surface area (Å²) in [5, 5.41) is 50.7. The van der Waals surface area contributed by atoms with Gasteiger partial charge in [0.05, 0.1) is 36.4 Å². The fourth-order valence-corrected chi connectivity index (χ4v) is 1.25. The predicted octanol–water partition coefficient (Wildman–Crippen LogP) is -0.0177. The summed E-state index contributed by atoms with van der Waals surface area (Å²) < 4.78 is 0. The number of para-hydroxylation sites is 1. The topological polar surface area (TPSA) is 178 Å². The summed E-state index contributed by atoms with van der Waals surface area (Å²) >= 11 is 0. The van der Waals surface area contributed by atoms with Gasteiger partial charge in [0.2, 0.25) is 0 Å². The molecule has 0 saturated heterocycles. The Bertz CT molecular complexity index is 593. The van der Waals surface area contributed by atoms with E-state index in [1.54, 1.807) is 0 Å². The molecular weight excluding hydrogens is 350 g/mol. The van der Waals surface area contributed by atoms with Crippen LogP contribution in [0.5, 0.6) is 0 Å². The summed E-state index contributed by atoms with van der Waals surface area (Å²) in [5.74, 6) is -2.06. The van der Waals surface area contributed by atoms with Gasteiger partial charge in [-0.2, -0.15) is 0 Å². The van der Waals surface area contributed by atoms with Crippen molar-refractivity contribution in [3.63, 3.8) is 0 Å². The van der Waals surface area contributed by atoms with E-state index in [4.69, 9.17) is 25.5 Å². The molecule has 26 heavy (non-hydrogen) atoms. The first-order chi connectivity index (χ1) is 12.1. The Morgan fingerprint density at radius 1 is 1.19 bits per heavy atom. The largest absolute Gasteiger partial charge is 0.478 e. The van der Waals surface area contributed by atoms with Gasteiger partial charge in [0.15, 0.2) is 5.78 Å². The summed E-state index contributed by atoms with van der Waals surface area (Å²) in [5.41, 5.74) is -0.642. The van der Waals surface area contributed by atoms with Crippen LogP contribution >= 0.6 is 0 Å². The maximum absolute atomic E-state index is 11.1. The van der Waals surface area contributed by atoms with E-state index in [9.17, 15) is 19.7 Å². The van der Waals surface area contributed by atoms with Gasteiger partial charge in [0.1, 0.15) is 5.57 Å². The van der Waals surface area contributed by atoms with E-state index in [1.165, 1.54) is 31.2 Å². The van der Waals surface area contributed by atoms with Crippen molar-refractivity contribution in [2.75, 3.05) is 19.8 Å². The zero-order chi connectivity index (χ0) is 20.7. The van der Waals surface area contributed by atoms with Crippen molar-refractivity contribution < 1.29 is 40.0 Å². The quantitative estimate of drug-likeness (QED) is 0.151. The smallest absolute Gasteiger partial charge is 0.339 e. The predicted molar refractivity (Wildman–Crippen MR) is 92.3 cm³/mol. The molecule has 0 spiro atoms. The number of rotatable bonds is 6. The average molecular weight is 373 g/mol. The van der Waals surface area contributed by atoms with Crippen molar-refractivity contribution in [2.24, 2.45) is 0 Å². The number of ketones is 1. The number of Topliss-reactive ketones (excluding diaryl/α,β-unsaturated/α-hetero) is 1. The number of benzene rings is 1. The minimum Gasteiger partial charge on any atom is -0.478 e. The SMILES string of the molecule is CC(=O)C(=Cc1ccccc1[N+](=O)[O-])C(=O)O.CC(O)CO.OCCO. The molecule has 5 N–H and O–H groups in total. The molecule has 0 bridgehead atoms. The molecule has 10 nitrogen and oxygen atoms in total. The molecular formula is C16H23NO9. The lowest BCUT2D eigenvalue weighted by Crippen LogP contribution is -2.08. The monoisotopic (exact) mass is 373 g/mol. The molecule has 0 aromatic heterocycles. The molecule has 1 aromatic carbocycles. The van der Waals surface area contributed by atoms with Crippen LogP contribution in [0.4, 0.5) is 5.69 Å². The molecule has 0 aliphatic heterocycles. The van der Waals surface area contributed by atoms with Gasteiger partial charge >= 0.3 is 5.97 Å². The van der Waals surface area contributed by atoms with Crippen LogP contribution in [0.25, 0.3) is 6.08 Å². The maximum Gasteiger partial charge on any atom is 0.339 e. The van der Waals surface area contributed by atoms with E-state index in [1.807, 2.05) is 0 Å². The summed E-state index contributed by atoms with van der Waals surface area (Å²) in [7, 11) is 0. The molecule has 0 aliphatic carbocycles. The number of nitrogens with zero attached hydrogens (tertiary/aromatic N) is 1. The highest BCUT2D eigenvalue weighted by Gasteiger charge is 2.16. The minimum absolute atomic E-state index is 0.0881. The molecule has 0 saturated carbocycles. The molecule has 1 aromatic rings. The number of aliphatic hydroxyl groups is 4. The van der Waals surface area contributed by atoms with Crippen LogP contribution in [-0.4, -0.2) is 68.1 Å². The standard InChI is InChI=1S/C11H9NO5.C3H8O2.C2H6O2/c1-7(13)9(11(14)15)6-8-4-2-3-5-10(8)12(16)17;1-3(5)2-4;3-1-2-4/h2-6H,1H3,(H,14,15);3-5H,2H2,1H3;3-4H,1-2H2. The maximum atomic E-state index is 11.1. The Morgan fingerprint density at radius 3 is 1.96 bits per heavy atom. The van der Waals surface area contributed by atoms with E-state index >= 15 is 0 Å². The first-order valence-corrected chi connectivity index (χ1v) is 7.32. The van der Waals surface area contributed by atoms with E-state index in [-0.39, 0.29) is 31.1 Å². The lowest BCUT2D eigenvalue weighted by molar-refractivity contribution is -0.385. The lowest BCUT2D eigenvalue weighted by Gasteiger charge is -1.99. The minimum atomic E-state index is -1.41. The van der Waals surface area contributed by atoms with Crippen LogP contribution in [0.1, 0.15) is 19.4 Å². The van der Waals surface area contributed by atoms with Gasteiger partial charge in [0.25, 0.3) is 5.69 Å². The van der Waals surface area contributed by atoms with Crippen LogP contribution < -0.4 is 0 Å². The Morgan fingerprint density at radius 2 is 1.65 bits per heavy atom. The second-order valence-corrected chi connectivity index (χ2v) is 4.71. The second-order valence-electron chi connectivity index (χ2n) is 4.71. The lowest BCUT2D eigenvalue weighted by atomic mass is 10.1. The average Bonchev–Trinajstić information content (AvgIpc) is 2.59. The number of carbonyl (C=O) groups is 2. The van der Waals surface area contributed by atoms with Crippen molar-refractivity contribution in [2.45, 2.75) is 20.0 Å². The number of carbonyl (C=O) groups excluding carboxylic acids is 1. The van der Waals surface area contributed by atoms with Crippen LogP contribution in [0.3, 0.4) is 0 Å². The van der Waals surface area contributed by atoms with Crippen molar-refractivity contribution in [1.82, 2.24) is 0 Å². The summed E-state index contributed by atoms with van der Waals surface area (Å²) in [6, 6.07) is 5.61. The Hall–Kier alpha value is -2.66. The molecule has 146 valence electrons. The van der Waals surface area contributed by atoms with Gasteiger partial charge in [-0.05, 0) is 26.0 Å². The van der Waals surface area contributed by atoms with Crippen molar-refractivity contribution in [3.8, 4) is 0 Å². The number of aliphatic carboxylic acids is 1. The van der Waals surface area contributed by atoms with Crippen molar-refractivity contribution >= 4 is 23.5 Å². The first-order valence-electron chi connectivity index (χ1n) is 7.32. The normalized spacial score (nSPS) is 11.2. The summed E-state index contributed by atoms with van der Waals surface area (Å²) in [4.78, 5) is 31.9. The number of nitro groups is 1. The Balaban J connectivity index is 0. The third kappa shape index (κ3) is 11.8. The molecule has 0 radical (unpaired) electrons. The molecule has 0 amide bonds. The fourth-order valence-electron chi connectivity index (χ4n) is 1.25. The molecule has 1 atom stereocenters.